The van der Waals surface area contributed by atoms with Crippen LogP contribution in [0.3, 0.4) is 0 Å². The summed E-state index contributed by atoms with van der Waals surface area (Å²) < 4.78 is 0. The summed E-state index contributed by atoms with van der Waals surface area (Å²) in [6, 6.07) is 5.72. The Bertz CT molecular complexity index is 1670. The molecule has 5 atom stereocenters. The zero-order valence-corrected chi connectivity index (χ0v) is 25.5. The number of aliphatic hydroxyl groups excluding tert-OH is 2. The lowest BCUT2D eigenvalue weighted by Gasteiger charge is -2.50. The van der Waals surface area contributed by atoms with E-state index in [9.17, 15) is 44.7 Å². The van der Waals surface area contributed by atoms with Gasteiger partial charge in [0, 0.05) is 11.5 Å². The van der Waals surface area contributed by atoms with Crippen LogP contribution in [0.1, 0.15) is 28.5 Å². The van der Waals surface area contributed by atoms with E-state index >= 15 is 0 Å². The number of benzene rings is 2. The first-order valence-corrected chi connectivity index (χ1v) is 13.9. The SMILES string of the molecule is CN(C)[C@@H]1C(=O)C(C(N)=O)=C(O)[C@@]2(O)C(=O)C3=C(O)c4c(cc(Cl)c(NC(=O)C(Cl)c5ccc(O)cc5)c4O)CC3CC12.Cl. The number of phenolic OH excluding ortho intramolecular Hbond substituents is 2. The van der Waals surface area contributed by atoms with Crippen molar-refractivity contribution in [1.82, 2.24) is 4.90 Å². The van der Waals surface area contributed by atoms with E-state index in [-0.39, 0.29) is 52.8 Å². The fraction of sp³-hybridized carbons (Fsp3) is 0.310. The van der Waals surface area contributed by atoms with Crippen LogP contribution in [0.15, 0.2) is 47.2 Å². The smallest absolute Gasteiger partial charge is 0.255 e. The van der Waals surface area contributed by atoms with Crippen molar-refractivity contribution in [3.05, 3.63) is 69.0 Å². The Morgan fingerprint density at radius 2 is 1.73 bits per heavy atom. The lowest BCUT2D eigenvalue weighted by molar-refractivity contribution is -0.153. The van der Waals surface area contributed by atoms with Crippen LogP contribution >= 0.6 is 35.6 Å². The number of nitrogens with two attached hydrogens (primary N) is 1. The fourth-order valence-corrected chi connectivity index (χ4v) is 6.83. The van der Waals surface area contributed by atoms with Crippen molar-refractivity contribution in [2.45, 2.75) is 29.9 Å². The van der Waals surface area contributed by atoms with Crippen LogP contribution in [0.2, 0.25) is 5.02 Å². The van der Waals surface area contributed by atoms with E-state index in [2.05, 4.69) is 5.32 Å². The molecule has 0 aromatic heterocycles. The number of aromatic hydroxyl groups is 2. The summed E-state index contributed by atoms with van der Waals surface area (Å²) in [6.45, 7) is 0. The normalized spacial score (nSPS) is 25.1. The third kappa shape index (κ3) is 4.87. The molecule has 44 heavy (non-hydrogen) atoms. The Balaban J connectivity index is 0.00000442. The number of primary amides is 1. The number of Topliss-reactive ketones (excluding diaryl/α,β-unsaturated/α-hetero) is 2. The molecule has 234 valence electrons. The maximum Gasteiger partial charge on any atom is 0.255 e. The molecule has 0 spiro atoms. The summed E-state index contributed by atoms with van der Waals surface area (Å²) in [5, 5.41) is 55.8. The van der Waals surface area contributed by atoms with Gasteiger partial charge >= 0.3 is 0 Å². The number of aliphatic hydroxyl groups is 3. The maximum absolute atomic E-state index is 13.9. The molecule has 5 rings (SSSR count). The lowest BCUT2D eigenvalue weighted by Crippen LogP contribution is -2.65. The number of phenols is 2. The van der Waals surface area contributed by atoms with Gasteiger partial charge in [-0.3, -0.25) is 24.1 Å². The number of halogens is 3. The summed E-state index contributed by atoms with van der Waals surface area (Å²) in [4.78, 5) is 53.6. The largest absolute Gasteiger partial charge is 0.508 e. The molecule has 2 aromatic rings. The van der Waals surface area contributed by atoms with Crippen LogP contribution in [0, 0.1) is 11.8 Å². The van der Waals surface area contributed by atoms with Gasteiger partial charge < -0.3 is 36.6 Å². The summed E-state index contributed by atoms with van der Waals surface area (Å²) in [6.07, 6.45) is -0.0507. The van der Waals surface area contributed by atoms with E-state index in [0.29, 0.717) is 11.1 Å². The summed E-state index contributed by atoms with van der Waals surface area (Å²) in [5.41, 5.74) is 1.39. The van der Waals surface area contributed by atoms with Gasteiger partial charge in [-0.25, -0.2) is 0 Å². The van der Waals surface area contributed by atoms with Gasteiger partial charge in [-0.15, -0.1) is 24.0 Å². The number of rotatable bonds is 5. The Hall–Kier alpha value is -3.81. The third-order valence-corrected chi connectivity index (χ3v) is 9.08. The standard InChI is InChI=1S/C29H27Cl2N3O9.ClH/c1-34(2)21-14-8-11-7-12-9-15(30)20(33-28(42)19(31)10-3-5-13(35)6-4-10)23(37)16(12)22(36)17(11)25(39)29(14,43)26(40)18(24(21)38)27(32)41;/h3-6,9,11,14,19,21,35-37,40,43H,7-8H2,1-2H3,(H2,32,41)(H,33,42);1H/t11?,14?,19?,21-,29-;/m0./s1. The average Bonchev–Trinajstić information content (AvgIpc) is 2.92. The second kappa shape index (κ2) is 11.6. The van der Waals surface area contributed by atoms with Crippen LogP contribution in [0.25, 0.3) is 5.76 Å². The van der Waals surface area contributed by atoms with Crippen molar-refractivity contribution in [2.24, 2.45) is 17.6 Å². The second-order valence-electron chi connectivity index (χ2n) is 11.0. The van der Waals surface area contributed by atoms with Crippen LogP contribution in [0.5, 0.6) is 11.5 Å². The first-order valence-electron chi connectivity index (χ1n) is 13.0. The highest BCUT2D eigenvalue weighted by atomic mass is 35.5. The highest BCUT2D eigenvalue weighted by molar-refractivity contribution is 6.36. The number of ketones is 2. The van der Waals surface area contributed by atoms with Crippen molar-refractivity contribution < 1.29 is 44.7 Å². The van der Waals surface area contributed by atoms with Crippen molar-refractivity contribution in [3.8, 4) is 11.5 Å². The number of anilines is 1. The number of likely N-dealkylation sites (N-methyl/N-ethyl adjacent to an activating group) is 1. The molecule has 3 unspecified atom stereocenters. The topological polar surface area (TPSA) is 211 Å². The van der Waals surface area contributed by atoms with Crippen LogP contribution in [0.4, 0.5) is 5.69 Å². The number of hydrogen-bond acceptors (Lipinski definition) is 10. The summed E-state index contributed by atoms with van der Waals surface area (Å²) in [5.74, 6) is -8.79. The van der Waals surface area contributed by atoms with Crippen LogP contribution in [-0.2, 0) is 25.6 Å². The minimum Gasteiger partial charge on any atom is -0.508 e. The van der Waals surface area contributed by atoms with Gasteiger partial charge in [-0.05, 0) is 62.2 Å². The van der Waals surface area contributed by atoms with Gasteiger partial charge in [0.25, 0.3) is 5.91 Å². The van der Waals surface area contributed by atoms with Gasteiger partial charge in [0.15, 0.2) is 17.1 Å². The second-order valence-corrected chi connectivity index (χ2v) is 11.9. The molecule has 8 N–H and O–H groups in total. The summed E-state index contributed by atoms with van der Waals surface area (Å²) in [7, 11) is 3.02. The van der Waals surface area contributed by atoms with Gasteiger partial charge in [0.05, 0.1) is 16.6 Å². The van der Waals surface area contributed by atoms with E-state index in [0.717, 1.165) is 0 Å². The molecule has 0 heterocycles. The monoisotopic (exact) mass is 667 g/mol. The molecular formula is C29H28Cl3N3O9. The quantitative estimate of drug-likeness (QED) is 0.141. The van der Waals surface area contributed by atoms with Crippen LogP contribution in [-0.4, -0.2) is 79.6 Å². The Labute approximate surface area is 266 Å². The number of carbonyl (C=O) groups is 4. The number of nitrogens with zero attached hydrogens (tertiary/aromatic N) is 1. The van der Waals surface area contributed by atoms with E-state index in [1.807, 2.05) is 0 Å². The number of hydrogen-bond donors (Lipinski definition) is 7. The number of amides is 2. The zero-order valence-electron chi connectivity index (χ0n) is 23.2. The number of alkyl halides is 1. The first kappa shape index (κ1) is 33.1. The Morgan fingerprint density at radius 3 is 2.30 bits per heavy atom. The molecule has 1 fully saturated rings. The molecule has 3 aliphatic carbocycles. The maximum atomic E-state index is 13.9. The number of carbonyl (C=O) groups excluding carboxylic acids is 4. The molecule has 3 aliphatic rings. The molecule has 2 aromatic carbocycles. The highest BCUT2D eigenvalue weighted by Crippen LogP contribution is 2.54. The molecule has 0 radical (unpaired) electrons. The molecule has 1 saturated carbocycles. The molecule has 15 heteroatoms. The van der Waals surface area contributed by atoms with Crippen molar-refractivity contribution in [2.75, 3.05) is 19.4 Å². The van der Waals surface area contributed by atoms with Gasteiger partial charge in [0.1, 0.15) is 33.9 Å². The molecular weight excluding hydrogens is 641 g/mol. The van der Waals surface area contributed by atoms with Crippen LogP contribution < -0.4 is 11.1 Å². The van der Waals surface area contributed by atoms with E-state index in [1.54, 1.807) is 0 Å². The van der Waals surface area contributed by atoms with Gasteiger partial charge in [0.2, 0.25) is 11.7 Å². The Morgan fingerprint density at radius 1 is 1.11 bits per heavy atom. The molecule has 0 aliphatic heterocycles. The van der Waals surface area contributed by atoms with Crippen molar-refractivity contribution >= 4 is 70.4 Å². The van der Waals surface area contributed by atoms with E-state index < -0.39 is 75.1 Å². The van der Waals surface area contributed by atoms with Crippen molar-refractivity contribution in [1.29, 1.82) is 0 Å². The minimum atomic E-state index is -2.78. The average molecular weight is 669 g/mol. The number of nitrogens with one attached hydrogen (secondary N) is 1. The third-order valence-electron chi connectivity index (χ3n) is 8.33. The minimum absolute atomic E-state index is 0. The zero-order chi connectivity index (χ0) is 31.7. The predicted octanol–water partition coefficient (Wildman–Crippen LogP) is 2.66. The lowest BCUT2D eigenvalue weighted by atomic mass is 9.57. The fourth-order valence-electron chi connectivity index (χ4n) is 6.36. The molecule has 0 saturated heterocycles. The molecule has 0 bridgehead atoms. The molecule has 12 nitrogen and oxygen atoms in total. The van der Waals surface area contributed by atoms with E-state index in [4.69, 9.17) is 28.9 Å². The Kier molecular flexibility index (Phi) is 8.73. The molecule has 2 amide bonds. The van der Waals surface area contributed by atoms with E-state index in [1.165, 1.54) is 49.3 Å². The predicted molar refractivity (Wildman–Crippen MR) is 162 cm³/mol. The first-order chi connectivity index (χ1) is 20.1. The summed E-state index contributed by atoms with van der Waals surface area (Å²) >= 11 is 12.7. The number of fused-ring (bicyclic) bond motifs is 3. The van der Waals surface area contributed by atoms with Gasteiger partial charge in [-0.1, -0.05) is 23.7 Å². The van der Waals surface area contributed by atoms with Gasteiger partial charge in [-0.2, -0.15) is 0 Å². The highest BCUT2D eigenvalue weighted by Gasteiger charge is 2.64. The van der Waals surface area contributed by atoms with Crippen molar-refractivity contribution in [3.63, 3.8) is 0 Å².